The Labute approximate surface area is 327 Å². The number of carbonyl (C=O) groups is 1. The zero-order chi connectivity index (χ0) is 36.4. The molecule has 0 aliphatic heterocycles. The first-order valence-electron chi connectivity index (χ1n) is 18.2. The Morgan fingerprint density at radius 3 is 2.16 bits per heavy atom. The number of hydrogen-bond acceptors (Lipinski definition) is 6. The fourth-order valence-electron chi connectivity index (χ4n) is 6.79. The van der Waals surface area contributed by atoms with Crippen LogP contribution in [0.5, 0.6) is 0 Å². The molecule has 0 fully saturated rings. The molecule has 0 spiro atoms. The van der Waals surface area contributed by atoms with Crippen LogP contribution in [0.2, 0.25) is 19.6 Å². The second-order valence-electron chi connectivity index (χ2n) is 15.7. The summed E-state index contributed by atoms with van der Waals surface area (Å²) >= 11 is 3.70. The van der Waals surface area contributed by atoms with Gasteiger partial charge in [0.15, 0.2) is 5.78 Å². The van der Waals surface area contributed by atoms with Gasteiger partial charge in [-0.25, -0.2) is 4.98 Å². The minimum atomic E-state index is -1.57. The number of ketones is 1. The second-order valence-corrected chi connectivity index (χ2v) is 22.8. The molecule has 6 rings (SSSR count). The SMILES string of the molecule is CC(C)(C)Cc1ccc2sc3c4ncnc(-c5[c-]c6ccccc6c([Si](C)(C)C)c5)c4sc3c2c1.CCC(CC)C(=O)/C=C(\O)C(CC)CC.[Ir]. The van der Waals surface area contributed by atoms with Gasteiger partial charge in [-0.05, 0) is 55.2 Å². The fraction of sp³-hybridized carbons (Fsp3) is 0.419. The molecule has 6 aromatic rings. The third-order valence-electron chi connectivity index (χ3n) is 9.58. The summed E-state index contributed by atoms with van der Waals surface area (Å²) in [4.78, 5) is 21.3. The van der Waals surface area contributed by atoms with Crippen molar-refractivity contribution in [3.63, 3.8) is 0 Å². The summed E-state index contributed by atoms with van der Waals surface area (Å²) in [6.07, 6.45) is 7.71. The number of rotatable bonds is 10. The quantitative estimate of drug-likeness (QED) is 0.0644. The van der Waals surface area contributed by atoms with Gasteiger partial charge in [-0.2, -0.15) is 0 Å². The molecule has 0 amide bonds. The standard InChI is InChI=1S/C30H29N2S2Si.C13H24O2.Ir/c1-30(2,3)16-18-11-12-23-22(13-18)27-29(33-23)26-28(34-27)25(31-17-32-26)20-14-19-9-7-8-10-21(19)24(15-20)35(4,5)6;1-5-10(6-2)12(14)9-13(15)11(7-3)8-4;/h7-13,15,17H,16H2,1-6H3;9-11,14H,5-8H2,1-4H3;/q-1;;/b;12-9-;. The van der Waals surface area contributed by atoms with Gasteiger partial charge in [-0.3, -0.25) is 9.78 Å². The first kappa shape index (κ1) is 41.0. The number of benzene rings is 3. The van der Waals surface area contributed by atoms with Crippen molar-refractivity contribution >= 4 is 82.2 Å². The van der Waals surface area contributed by atoms with Crippen LogP contribution in [0.4, 0.5) is 0 Å². The van der Waals surface area contributed by atoms with E-state index in [1.165, 1.54) is 51.8 Å². The number of carbonyl (C=O) groups excluding carboxylic acids is 1. The van der Waals surface area contributed by atoms with E-state index in [0.29, 0.717) is 0 Å². The predicted molar refractivity (Wildman–Crippen MR) is 222 cm³/mol. The van der Waals surface area contributed by atoms with E-state index in [9.17, 15) is 9.90 Å². The van der Waals surface area contributed by atoms with Crippen molar-refractivity contribution in [2.24, 2.45) is 17.3 Å². The molecule has 51 heavy (non-hydrogen) atoms. The van der Waals surface area contributed by atoms with Crippen molar-refractivity contribution in [3.05, 3.63) is 78.3 Å². The zero-order valence-electron chi connectivity index (χ0n) is 31.9. The van der Waals surface area contributed by atoms with E-state index >= 15 is 0 Å². The Bertz CT molecular complexity index is 2160. The van der Waals surface area contributed by atoms with Crippen molar-refractivity contribution in [1.82, 2.24) is 9.97 Å². The molecule has 0 saturated carbocycles. The molecule has 3 heterocycles. The monoisotopic (exact) mass is 914 g/mol. The number of aliphatic hydroxyl groups is 1. The van der Waals surface area contributed by atoms with Gasteiger partial charge >= 0.3 is 0 Å². The largest absolute Gasteiger partial charge is 0.512 e. The zero-order valence-corrected chi connectivity index (χ0v) is 36.9. The van der Waals surface area contributed by atoms with Crippen LogP contribution in [-0.4, -0.2) is 28.9 Å². The Morgan fingerprint density at radius 1 is 0.863 bits per heavy atom. The van der Waals surface area contributed by atoms with Crippen LogP contribution in [-0.2, 0) is 31.3 Å². The normalized spacial score (nSPS) is 12.6. The number of nitrogens with zero attached hydrogens (tertiary/aromatic N) is 2. The van der Waals surface area contributed by atoms with E-state index in [1.807, 2.05) is 50.4 Å². The first-order chi connectivity index (χ1) is 23.7. The van der Waals surface area contributed by atoms with E-state index in [0.717, 1.165) is 48.9 Å². The third-order valence-corrected chi connectivity index (χ3v) is 14.1. The minimum absolute atomic E-state index is 0. The molecule has 8 heteroatoms. The third kappa shape index (κ3) is 9.26. The van der Waals surface area contributed by atoms with Gasteiger partial charge in [0, 0.05) is 58.5 Å². The Hall–Kier alpha value is -2.74. The Morgan fingerprint density at radius 2 is 1.53 bits per heavy atom. The van der Waals surface area contributed by atoms with Gasteiger partial charge in [0.05, 0.1) is 28.7 Å². The van der Waals surface area contributed by atoms with Crippen molar-refractivity contribution < 1.29 is 30.0 Å². The number of fused-ring (bicyclic) bond motifs is 6. The van der Waals surface area contributed by atoms with E-state index in [2.05, 4.69) is 95.0 Å². The smallest absolute Gasteiger partial charge is 0.162 e. The number of hydrogen-bond donors (Lipinski definition) is 1. The molecule has 0 aliphatic carbocycles. The van der Waals surface area contributed by atoms with Crippen LogP contribution in [0.3, 0.4) is 0 Å². The van der Waals surface area contributed by atoms with E-state index in [4.69, 9.17) is 9.97 Å². The second kappa shape index (κ2) is 16.9. The van der Waals surface area contributed by atoms with Gasteiger partial charge in [-0.15, -0.1) is 51.4 Å². The van der Waals surface area contributed by atoms with Crippen LogP contribution >= 0.6 is 22.7 Å². The number of aliphatic hydroxyl groups excluding tert-OH is 1. The predicted octanol–water partition coefficient (Wildman–Crippen LogP) is 12.7. The Kier molecular flexibility index (Phi) is 13.6. The summed E-state index contributed by atoms with van der Waals surface area (Å²) in [6, 6.07) is 21.7. The summed E-state index contributed by atoms with van der Waals surface area (Å²) in [6.45, 7) is 22.2. The van der Waals surface area contributed by atoms with Crippen molar-refractivity contribution in [2.75, 3.05) is 0 Å². The average molecular weight is 914 g/mol. The first-order valence-corrected chi connectivity index (χ1v) is 23.3. The molecule has 1 radical (unpaired) electrons. The molecular formula is C43H53IrN2O2S2Si-. The molecule has 0 saturated heterocycles. The minimum Gasteiger partial charge on any atom is -0.512 e. The maximum Gasteiger partial charge on any atom is 0.162 e. The summed E-state index contributed by atoms with van der Waals surface area (Å²) in [5.41, 5.74) is 4.83. The summed E-state index contributed by atoms with van der Waals surface area (Å²) in [5.74, 6) is 0.547. The van der Waals surface area contributed by atoms with E-state index in [1.54, 1.807) is 6.33 Å². The van der Waals surface area contributed by atoms with Crippen LogP contribution < -0.4 is 5.19 Å². The van der Waals surface area contributed by atoms with Gasteiger partial charge in [-0.1, -0.05) is 103 Å². The molecule has 273 valence electrons. The molecular weight excluding hydrogens is 861 g/mol. The van der Waals surface area contributed by atoms with Gasteiger partial charge in [0.2, 0.25) is 0 Å². The summed E-state index contributed by atoms with van der Waals surface area (Å²) < 4.78 is 5.13. The summed E-state index contributed by atoms with van der Waals surface area (Å²) in [7, 11) is -1.57. The number of allylic oxidation sites excluding steroid dienone is 2. The summed E-state index contributed by atoms with van der Waals surface area (Å²) in [5, 5.41) is 15.1. The van der Waals surface area contributed by atoms with E-state index in [-0.39, 0.29) is 48.9 Å². The van der Waals surface area contributed by atoms with Gasteiger partial charge in [0.25, 0.3) is 0 Å². The van der Waals surface area contributed by atoms with Crippen LogP contribution in [0, 0.1) is 23.3 Å². The molecule has 0 unspecified atom stereocenters. The molecule has 3 aromatic heterocycles. The van der Waals surface area contributed by atoms with Crippen molar-refractivity contribution in [1.29, 1.82) is 0 Å². The van der Waals surface area contributed by atoms with Crippen LogP contribution in [0.25, 0.3) is 51.7 Å². The Balaban J connectivity index is 0.000000312. The molecule has 0 bridgehead atoms. The molecule has 4 nitrogen and oxygen atoms in total. The number of thiophene rings is 2. The average Bonchev–Trinajstić information content (AvgIpc) is 3.61. The van der Waals surface area contributed by atoms with E-state index < -0.39 is 8.07 Å². The topological polar surface area (TPSA) is 63.1 Å². The molecule has 0 atom stereocenters. The number of aromatic nitrogens is 2. The molecule has 3 aromatic carbocycles. The van der Waals surface area contributed by atoms with Gasteiger partial charge < -0.3 is 5.11 Å². The van der Waals surface area contributed by atoms with Crippen LogP contribution in [0.1, 0.15) is 79.7 Å². The molecule has 0 aliphatic rings. The van der Waals surface area contributed by atoms with Crippen molar-refractivity contribution in [2.45, 2.75) is 100 Å². The maximum atomic E-state index is 11.7. The molecule has 1 N–H and O–H groups in total. The van der Waals surface area contributed by atoms with Crippen molar-refractivity contribution in [3.8, 4) is 11.3 Å². The van der Waals surface area contributed by atoms with Gasteiger partial charge in [0.1, 0.15) is 6.33 Å². The fourth-order valence-corrected chi connectivity index (χ4v) is 11.0. The van der Waals surface area contributed by atoms with Crippen LogP contribution in [0.15, 0.2) is 66.7 Å². The maximum absolute atomic E-state index is 11.7.